The van der Waals surface area contributed by atoms with Crippen molar-refractivity contribution in [1.29, 1.82) is 0 Å². The van der Waals surface area contributed by atoms with Gasteiger partial charge in [0.1, 0.15) is 11.5 Å². The zero-order valence-electron chi connectivity index (χ0n) is 25.5. The van der Waals surface area contributed by atoms with Gasteiger partial charge >= 0.3 is 0 Å². The first-order chi connectivity index (χ1) is 22.8. The molecule has 2 atom stereocenters. The predicted octanol–water partition coefficient (Wildman–Crippen LogP) is 11.6. The summed E-state index contributed by atoms with van der Waals surface area (Å²) in [6, 6.07) is 48.4. The summed E-state index contributed by atoms with van der Waals surface area (Å²) in [6.45, 7) is 0. The lowest BCUT2D eigenvalue weighted by atomic mass is 9.78. The van der Waals surface area contributed by atoms with E-state index in [1.54, 1.807) is 0 Å². The van der Waals surface area contributed by atoms with Crippen LogP contribution in [0.15, 0.2) is 164 Å². The van der Waals surface area contributed by atoms with Crippen molar-refractivity contribution in [3.8, 4) is 16.9 Å². The van der Waals surface area contributed by atoms with Crippen LogP contribution in [0.5, 0.6) is 5.75 Å². The minimum Gasteiger partial charge on any atom is -0.460 e. The van der Waals surface area contributed by atoms with Crippen LogP contribution in [0, 0.1) is 0 Å². The highest BCUT2D eigenvalue weighted by molar-refractivity contribution is 6.04. The van der Waals surface area contributed by atoms with Gasteiger partial charge in [-0.2, -0.15) is 0 Å². The molecule has 1 unspecified atom stereocenters. The molecule has 0 amide bonds. The van der Waals surface area contributed by atoms with Crippen molar-refractivity contribution in [3.63, 3.8) is 0 Å². The molecule has 6 aromatic carbocycles. The molecule has 2 nitrogen and oxygen atoms in total. The molecule has 220 valence electrons. The molecule has 2 aliphatic carbocycles. The second-order valence-electron chi connectivity index (χ2n) is 12.4. The van der Waals surface area contributed by atoms with Gasteiger partial charge in [0.2, 0.25) is 0 Å². The summed E-state index contributed by atoms with van der Waals surface area (Å²) in [5.74, 6) is 2.26. The van der Waals surface area contributed by atoms with Gasteiger partial charge in [-0.3, -0.25) is 0 Å². The van der Waals surface area contributed by atoms with Gasteiger partial charge in [-0.15, -0.1) is 0 Å². The zero-order chi connectivity index (χ0) is 30.5. The third-order valence-electron chi connectivity index (χ3n) is 9.75. The fourth-order valence-electron chi connectivity index (χ4n) is 7.59. The van der Waals surface area contributed by atoms with E-state index in [0.29, 0.717) is 0 Å². The SMILES string of the molecule is C1=C[C@H](c2ccc(-c3ccccc3)cc2)C2C(=C1)Oc1c2cc(N(c2ccccc2)c2cccc3c2CCC=C3)c2ccccc12. The maximum atomic E-state index is 6.79. The van der Waals surface area contributed by atoms with Crippen molar-refractivity contribution in [2.75, 3.05) is 4.90 Å². The number of anilines is 3. The van der Waals surface area contributed by atoms with Crippen LogP contribution in [0.1, 0.15) is 40.5 Å². The number of allylic oxidation sites excluding steroid dienone is 5. The minimum absolute atomic E-state index is 0.0937. The van der Waals surface area contributed by atoms with Gasteiger partial charge in [0.05, 0.1) is 11.6 Å². The maximum Gasteiger partial charge on any atom is 0.138 e. The Hall–Kier alpha value is -5.60. The topological polar surface area (TPSA) is 12.5 Å². The molecule has 0 saturated heterocycles. The summed E-state index contributed by atoms with van der Waals surface area (Å²) in [7, 11) is 0. The van der Waals surface area contributed by atoms with Crippen molar-refractivity contribution in [1.82, 2.24) is 0 Å². The Balaban J connectivity index is 1.22. The standard InChI is InChI=1S/C44H33NO/c1-3-13-30(14-4-1)31-25-27-33(28-26-31)36-22-12-24-42-43(36)39-29-41(37-20-9-10-21-38(37)44(39)46-42)45(34-17-5-2-6-18-34)40-23-11-16-32-15-7-8-19-35(32)40/h1-7,9-18,20-29,36,43H,8,19H2/t36-,43?/m1/s1. The van der Waals surface area contributed by atoms with Crippen molar-refractivity contribution in [2.45, 2.75) is 24.7 Å². The molecule has 6 aromatic rings. The molecule has 1 heterocycles. The third-order valence-corrected chi connectivity index (χ3v) is 9.75. The summed E-state index contributed by atoms with van der Waals surface area (Å²) in [4.78, 5) is 2.48. The third kappa shape index (κ3) is 4.41. The molecule has 0 fully saturated rings. The summed E-state index contributed by atoms with van der Waals surface area (Å²) in [5, 5.41) is 2.33. The number of hydrogen-bond acceptors (Lipinski definition) is 2. The molecule has 0 spiro atoms. The number of fused-ring (bicyclic) bond motifs is 6. The van der Waals surface area contributed by atoms with Gasteiger partial charge in [0.25, 0.3) is 0 Å². The van der Waals surface area contributed by atoms with Gasteiger partial charge in [0.15, 0.2) is 0 Å². The molecule has 1 aliphatic heterocycles. The second-order valence-corrected chi connectivity index (χ2v) is 12.4. The summed E-state index contributed by atoms with van der Waals surface area (Å²) in [6.07, 6.45) is 13.3. The first-order valence-corrected chi connectivity index (χ1v) is 16.2. The Labute approximate surface area is 270 Å². The van der Waals surface area contributed by atoms with Crippen molar-refractivity contribution < 1.29 is 4.74 Å². The average molecular weight is 592 g/mol. The van der Waals surface area contributed by atoms with Gasteiger partial charge in [-0.05, 0) is 71.0 Å². The molecule has 0 bridgehead atoms. The molecule has 9 rings (SSSR count). The maximum absolute atomic E-state index is 6.79. The Bertz CT molecular complexity index is 2170. The van der Waals surface area contributed by atoms with Crippen LogP contribution in [-0.2, 0) is 6.42 Å². The lowest BCUT2D eigenvalue weighted by Gasteiger charge is -2.31. The normalized spacial score (nSPS) is 17.5. The number of para-hydroxylation sites is 1. The van der Waals surface area contributed by atoms with E-state index in [-0.39, 0.29) is 11.8 Å². The molecule has 2 heteroatoms. The number of hydrogen-bond donors (Lipinski definition) is 0. The quantitative estimate of drug-likeness (QED) is 0.198. The highest BCUT2D eigenvalue weighted by Crippen LogP contribution is 2.56. The van der Waals surface area contributed by atoms with E-state index in [9.17, 15) is 0 Å². The van der Waals surface area contributed by atoms with Crippen LogP contribution in [0.3, 0.4) is 0 Å². The molecule has 0 aromatic heterocycles. The van der Waals surface area contributed by atoms with E-state index in [1.807, 2.05) is 0 Å². The van der Waals surface area contributed by atoms with E-state index in [0.717, 1.165) is 35.4 Å². The van der Waals surface area contributed by atoms with E-state index in [1.165, 1.54) is 50.1 Å². The highest BCUT2D eigenvalue weighted by Gasteiger charge is 2.39. The summed E-state index contributed by atoms with van der Waals surface area (Å²) >= 11 is 0. The summed E-state index contributed by atoms with van der Waals surface area (Å²) in [5.41, 5.74) is 11.3. The Morgan fingerprint density at radius 2 is 1.39 bits per heavy atom. The van der Waals surface area contributed by atoms with Crippen LogP contribution in [-0.4, -0.2) is 0 Å². The predicted molar refractivity (Wildman–Crippen MR) is 191 cm³/mol. The van der Waals surface area contributed by atoms with E-state index < -0.39 is 0 Å². The van der Waals surface area contributed by atoms with Gasteiger partial charge < -0.3 is 9.64 Å². The van der Waals surface area contributed by atoms with Crippen LogP contribution in [0.2, 0.25) is 0 Å². The number of benzene rings is 6. The monoisotopic (exact) mass is 591 g/mol. The lowest BCUT2D eigenvalue weighted by molar-refractivity contribution is 0.420. The average Bonchev–Trinajstić information content (AvgIpc) is 3.52. The molecule has 46 heavy (non-hydrogen) atoms. The number of rotatable bonds is 5. The van der Waals surface area contributed by atoms with Gasteiger partial charge in [-0.1, -0.05) is 133 Å². The Morgan fingerprint density at radius 3 is 2.22 bits per heavy atom. The van der Waals surface area contributed by atoms with Crippen LogP contribution in [0.4, 0.5) is 17.1 Å². The van der Waals surface area contributed by atoms with Crippen molar-refractivity contribution in [3.05, 3.63) is 186 Å². The van der Waals surface area contributed by atoms with Crippen LogP contribution >= 0.6 is 0 Å². The van der Waals surface area contributed by atoms with Crippen molar-refractivity contribution in [2.24, 2.45) is 0 Å². The molecule has 0 radical (unpaired) electrons. The van der Waals surface area contributed by atoms with E-state index in [2.05, 4.69) is 169 Å². The number of nitrogens with zero attached hydrogens (tertiary/aromatic N) is 1. The van der Waals surface area contributed by atoms with Gasteiger partial charge in [0, 0.05) is 33.6 Å². The summed E-state index contributed by atoms with van der Waals surface area (Å²) < 4.78 is 6.79. The van der Waals surface area contributed by atoms with Crippen LogP contribution in [0.25, 0.3) is 28.0 Å². The second kappa shape index (κ2) is 11.1. The lowest BCUT2D eigenvalue weighted by Crippen LogP contribution is -2.15. The fraction of sp³-hybridized carbons (Fsp3) is 0.0909. The molecule has 0 N–H and O–H groups in total. The van der Waals surface area contributed by atoms with Gasteiger partial charge in [-0.25, -0.2) is 0 Å². The Morgan fingerprint density at radius 1 is 0.652 bits per heavy atom. The number of ether oxygens (including phenoxy) is 1. The smallest absolute Gasteiger partial charge is 0.138 e. The molecule has 3 aliphatic rings. The largest absolute Gasteiger partial charge is 0.460 e. The van der Waals surface area contributed by atoms with Crippen LogP contribution < -0.4 is 9.64 Å². The van der Waals surface area contributed by atoms with E-state index in [4.69, 9.17) is 4.74 Å². The van der Waals surface area contributed by atoms with E-state index >= 15 is 0 Å². The highest BCUT2D eigenvalue weighted by atomic mass is 16.5. The van der Waals surface area contributed by atoms with Crippen molar-refractivity contribution >= 4 is 33.9 Å². The fourth-order valence-corrected chi connectivity index (χ4v) is 7.59. The first-order valence-electron chi connectivity index (χ1n) is 16.2. The Kier molecular flexibility index (Phi) is 6.45. The zero-order valence-corrected chi connectivity index (χ0v) is 25.5. The molecular weight excluding hydrogens is 558 g/mol. The molecule has 0 saturated carbocycles. The first kappa shape index (κ1) is 26.8. The molecular formula is C44H33NO. The minimum atomic E-state index is 0.0937.